The molecule has 1 fully saturated rings. The van der Waals surface area contributed by atoms with Crippen molar-refractivity contribution in [1.29, 1.82) is 5.26 Å². The van der Waals surface area contributed by atoms with Gasteiger partial charge in [-0.25, -0.2) is 0 Å². The second-order valence-corrected chi connectivity index (χ2v) is 2.63. The van der Waals surface area contributed by atoms with Crippen LogP contribution in [0.25, 0.3) is 0 Å². The lowest BCUT2D eigenvalue weighted by Crippen LogP contribution is -1.87. The first-order valence-corrected chi connectivity index (χ1v) is 2.60. The van der Waals surface area contributed by atoms with E-state index in [1.54, 1.807) is 0 Å². The number of rotatable bonds is 0. The van der Waals surface area contributed by atoms with E-state index in [1.165, 1.54) is 0 Å². The van der Waals surface area contributed by atoms with Gasteiger partial charge in [-0.3, -0.25) is 0 Å². The molecule has 1 saturated carbocycles. The summed E-state index contributed by atoms with van der Waals surface area (Å²) in [7, 11) is 0. The molecule has 1 aliphatic carbocycles. The summed E-state index contributed by atoms with van der Waals surface area (Å²) in [4.78, 5) is 0. The third-order valence-electron chi connectivity index (χ3n) is 1.91. The Labute approximate surface area is 44.0 Å². The van der Waals surface area contributed by atoms with Gasteiger partial charge in [0, 0.05) is 0 Å². The lowest BCUT2D eigenvalue weighted by Gasteiger charge is -1.88. The Morgan fingerprint density at radius 1 is 1.86 bits per heavy atom. The van der Waals surface area contributed by atoms with E-state index in [9.17, 15) is 0 Å². The number of hydrogen-bond acceptors (Lipinski definition) is 1. The molecule has 0 spiro atoms. The topological polar surface area (TPSA) is 23.8 Å². The van der Waals surface area contributed by atoms with Crippen LogP contribution in [0.4, 0.5) is 0 Å². The van der Waals surface area contributed by atoms with Crippen LogP contribution in [0.2, 0.25) is 0 Å². The van der Waals surface area contributed by atoms with Gasteiger partial charge in [-0.2, -0.15) is 5.26 Å². The summed E-state index contributed by atoms with van der Waals surface area (Å²) in [6.07, 6.45) is 1.10. The summed E-state index contributed by atoms with van der Waals surface area (Å²) in [6.45, 7) is 4.13. The second kappa shape index (κ2) is 1.01. The van der Waals surface area contributed by atoms with Gasteiger partial charge >= 0.3 is 0 Å². The number of hydrogen-bond donors (Lipinski definition) is 0. The van der Waals surface area contributed by atoms with Gasteiger partial charge in [0.15, 0.2) is 0 Å². The Kier molecular flexibility index (Phi) is 0.667. The van der Waals surface area contributed by atoms with E-state index in [0.29, 0.717) is 5.92 Å². The Morgan fingerprint density at radius 2 is 2.29 bits per heavy atom. The van der Waals surface area contributed by atoms with Crippen molar-refractivity contribution < 1.29 is 0 Å². The van der Waals surface area contributed by atoms with Gasteiger partial charge in [0.25, 0.3) is 0 Å². The first-order chi connectivity index (χ1) is 3.19. The second-order valence-electron chi connectivity index (χ2n) is 2.63. The maximum Gasteiger partial charge on any atom is 0.0689 e. The summed E-state index contributed by atoms with van der Waals surface area (Å²) in [6, 6.07) is 2.27. The van der Waals surface area contributed by atoms with Crippen molar-refractivity contribution in [2.45, 2.75) is 20.3 Å². The number of nitriles is 1. The van der Waals surface area contributed by atoms with Crippen LogP contribution in [0.1, 0.15) is 20.3 Å². The average molecular weight is 95.1 g/mol. The summed E-state index contributed by atoms with van der Waals surface area (Å²) >= 11 is 0. The normalized spacial score (nSPS) is 47.9. The van der Waals surface area contributed by atoms with Gasteiger partial charge in [-0.05, 0) is 19.3 Å². The zero-order valence-electron chi connectivity index (χ0n) is 4.73. The summed E-state index contributed by atoms with van der Waals surface area (Å²) < 4.78 is 0. The fourth-order valence-corrected chi connectivity index (χ4v) is 0.733. The minimum atomic E-state index is 0.0556. The van der Waals surface area contributed by atoms with E-state index in [1.807, 2.05) is 6.92 Å². The molecular weight excluding hydrogens is 86.1 g/mol. The van der Waals surface area contributed by atoms with Crippen LogP contribution in [0, 0.1) is 22.7 Å². The maximum atomic E-state index is 8.39. The van der Waals surface area contributed by atoms with Gasteiger partial charge in [-0.15, -0.1) is 0 Å². The first-order valence-electron chi connectivity index (χ1n) is 2.60. The molecule has 0 radical (unpaired) electrons. The molecule has 0 N–H and O–H groups in total. The molecule has 0 aromatic heterocycles. The van der Waals surface area contributed by atoms with Gasteiger partial charge in [0.1, 0.15) is 0 Å². The van der Waals surface area contributed by atoms with E-state index in [-0.39, 0.29) is 5.41 Å². The van der Waals surface area contributed by atoms with Crippen molar-refractivity contribution >= 4 is 0 Å². The molecule has 1 heteroatoms. The highest BCUT2D eigenvalue weighted by Gasteiger charge is 2.46. The molecule has 0 heterocycles. The molecule has 1 nitrogen and oxygen atoms in total. The smallest absolute Gasteiger partial charge is 0.0689 e. The van der Waals surface area contributed by atoms with Crippen molar-refractivity contribution in [3.63, 3.8) is 0 Å². The van der Waals surface area contributed by atoms with E-state index in [0.717, 1.165) is 6.42 Å². The standard InChI is InChI=1S/C6H9N/c1-5-3-6(5,2)4-7/h5H,3H2,1-2H3. The van der Waals surface area contributed by atoms with Crippen molar-refractivity contribution in [1.82, 2.24) is 0 Å². The Hall–Kier alpha value is -0.510. The Morgan fingerprint density at radius 3 is 2.29 bits per heavy atom. The van der Waals surface area contributed by atoms with Crippen LogP contribution < -0.4 is 0 Å². The van der Waals surface area contributed by atoms with E-state index < -0.39 is 0 Å². The van der Waals surface area contributed by atoms with E-state index in [4.69, 9.17) is 5.26 Å². The lowest BCUT2D eigenvalue weighted by molar-refractivity contribution is 0.680. The largest absolute Gasteiger partial charge is 0.198 e. The molecule has 2 atom stereocenters. The highest BCUT2D eigenvalue weighted by atomic mass is 14.5. The van der Waals surface area contributed by atoms with Crippen molar-refractivity contribution in [2.75, 3.05) is 0 Å². The van der Waals surface area contributed by atoms with Crippen LogP contribution >= 0.6 is 0 Å². The fourth-order valence-electron chi connectivity index (χ4n) is 0.733. The molecule has 0 aromatic carbocycles. The molecule has 7 heavy (non-hydrogen) atoms. The first kappa shape index (κ1) is 4.64. The van der Waals surface area contributed by atoms with Gasteiger partial charge in [-0.1, -0.05) is 6.92 Å². The van der Waals surface area contributed by atoms with Crippen LogP contribution in [0.5, 0.6) is 0 Å². The van der Waals surface area contributed by atoms with Crippen LogP contribution in [-0.4, -0.2) is 0 Å². The quantitative estimate of drug-likeness (QED) is 0.448. The molecule has 1 rings (SSSR count). The van der Waals surface area contributed by atoms with E-state index >= 15 is 0 Å². The molecule has 0 bridgehead atoms. The van der Waals surface area contributed by atoms with Crippen LogP contribution in [0.3, 0.4) is 0 Å². The maximum absolute atomic E-state index is 8.39. The predicted octanol–water partition coefficient (Wildman–Crippen LogP) is 1.56. The zero-order chi connectivity index (χ0) is 5.49. The summed E-state index contributed by atoms with van der Waals surface area (Å²) in [5.74, 6) is 0.650. The third-order valence-corrected chi connectivity index (χ3v) is 1.91. The third kappa shape index (κ3) is 0.507. The monoisotopic (exact) mass is 95.1 g/mol. The van der Waals surface area contributed by atoms with E-state index in [2.05, 4.69) is 13.0 Å². The van der Waals surface area contributed by atoms with Gasteiger partial charge in [0.05, 0.1) is 11.5 Å². The van der Waals surface area contributed by atoms with Crippen LogP contribution in [0.15, 0.2) is 0 Å². The highest BCUT2D eigenvalue weighted by Crippen LogP contribution is 2.50. The molecule has 0 aliphatic heterocycles. The minimum absolute atomic E-state index is 0.0556. The molecule has 0 saturated heterocycles. The Balaban J connectivity index is 2.57. The van der Waals surface area contributed by atoms with Gasteiger partial charge in [0.2, 0.25) is 0 Å². The van der Waals surface area contributed by atoms with Crippen molar-refractivity contribution in [2.24, 2.45) is 11.3 Å². The highest BCUT2D eigenvalue weighted by molar-refractivity contribution is 5.11. The fraction of sp³-hybridized carbons (Fsp3) is 0.833. The minimum Gasteiger partial charge on any atom is -0.198 e. The molecule has 2 unspecified atom stereocenters. The zero-order valence-corrected chi connectivity index (χ0v) is 4.73. The molecule has 38 valence electrons. The van der Waals surface area contributed by atoms with Gasteiger partial charge < -0.3 is 0 Å². The predicted molar refractivity (Wildman–Crippen MR) is 27.5 cm³/mol. The summed E-state index contributed by atoms with van der Waals surface area (Å²) in [5.41, 5.74) is 0.0556. The molecule has 0 aromatic rings. The van der Waals surface area contributed by atoms with Crippen LogP contribution in [-0.2, 0) is 0 Å². The SMILES string of the molecule is CC1CC1(C)C#N. The molecule has 1 aliphatic rings. The van der Waals surface area contributed by atoms with Crippen molar-refractivity contribution in [3.8, 4) is 6.07 Å². The number of nitrogens with zero attached hydrogens (tertiary/aromatic N) is 1. The summed E-state index contributed by atoms with van der Waals surface area (Å²) in [5, 5.41) is 8.39. The molecule has 0 amide bonds. The lowest BCUT2D eigenvalue weighted by atomic mass is 10.1. The molecular formula is C6H9N. The Bertz CT molecular complexity index is 123. The average Bonchev–Trinajstić information content (AvgIpc) is 2.18. The van der Waals surface area contributed by atoms with Crippen molar-refractivity contribution in [3.05, 3.63) is 0 Å².